The molecular formula is C20H25NO4S. The van der Waals surface area contributed by atoms with Crippen molar-refractivity contribution in [3.63, 3.8) is 0 Å². The molecule has 0 radical (unpaired) electrons. The van der Waals surface area contributed by atoms with E-state index >= 15 is 0 Å². The monoisotopic (exact) mass is 375 g/mol. The van der Waals surface area contributed by atoms with Gasteiger partial charge in [-0.2, -0.15) is 0 Å². The summed E-state index contributed by atoms with van der Waals surface area (Å²) >= 11 is 1.49. The molecule has 0 saturated heterocycles. The molecule has 0 spiro atoms. The molecule has 1 aromatic rings. The molecule has 1 saturated carbocycles. The number of thiophene rings is 1. The molecule has 0 atom stereocenters. The number of ether oxygens (including phenoxy) is 1. The molecule has 1 aromatic heterocycles. The zero-order valence-corrected chi connectivity index (χ0v) is 16.4. The average molecular weight is 375 g/mol. The Balaban J connectivity index is 1.91. The van der Waals surface area contributed by atoms with E-state index in [-0.39, 0.29) is 23.0 Å². The highest BCUT2D eigenvalue weighted by Gasteiger charge is 2.38. The zero-order valence-electron chi connectivity index (χ0n) is 15.6. The van der Waals surface area contributed by atoms with E-state index in [2.05, 4.69) is 4.99 Å². The number of rotatable bonds is 4. The lowest BCUT2D eigenvalue weighted by Gasteiger charge is -2.30. The molecule has 1 heterocycles. The lowest BCUT2D eigenvalue weighted by Crippen LogP contribution is -2.38. The molecule has 26 heavy (non-hydrogen) atoms. The third-order valence-electron chi connectivity index (χ3n) is 4.97. The van der Waals surface area contributed by atoms with Crippen molar-refractivity contribution in [2.75, 3.05) is 6.61 Å². The topological polar surface area (TPSA) is 72.8 Å². The first-order chi connectivity index (χ1) is 12.3. The van der Waals surface area contributed by atoms with E-state index in [4.69, 9.17) is 4.74 Å². The summed E-state index contributed by atoms with van der Waals surface area (Å²) in [5, 5.41) is 0.570. The first-order valence-corrected chi connectivity index (χ1v) is 10.1. The molecule has 0 aliphatic heterocycles. The SMILES string of the molecule is CCOC(=O)c1c(/N=C/C2C(=O)CC(C)(C)CC2=O)sc2c1CCCC2. The highest BCUT2D eigenvalue weighted by molar-refractivity contribution is 7.16. The Hall–Kier alpha value is -1.82. The van der Waals surface area contributed by atoms with Gasteiger partial charge in [0.2, 0.25) is 0 Å². The summed E-state index contributed by atoms with van der Waals surface area (Å²) in [6.45, 7) is 5.95. The van der Waals surface area contributed by atoms with E-state index < -0.39 is 5.92 Å². The van der Waals surface area contributed by atoms with Crippen molar-refractivity contribution < 1.29 is 19.1 Å². The molecule has 2 aliphatic rings. The summed E-state index contributed by atoms with van der Waals surface area (Å²) in [4.78, 5) is 42.8. The first kappa shape index (κ1) is 19.0. The molecule has 0 unspecified atom stereocenters. The maximum absolute atomic E-state index is 12.4. The van der Waals surface area contributed by atoms with Crippen LogP contribution in [0, 0.1) is 11.3 Å². The van der Waals surface area contributed by atoms with E-state index in [1.807, 2.05) is 13.8 Å². The Morgan fingerprint density at radius 3 is 2.54 bits per heavy atom. The highest BCUT2D eigenvalue weighted by atomic mass is 32.1. The fourth-order valence-electron chi connectivity index (χ4n) is 3.77. The molecule has 6 heteroatoms. The number of esters is 1. The van der Waals surface area contributed by atoms with Crippen LogP contribution in [0.25, 0.3) is 0 Å². The summed E-state index contributed by atoms with van der Waals surface area (Å²) in [6, 6.07) is 0. The van der Waals surface area contributed by atoms with Crippen LogP contribution >= 0.6 is 11.3 Å². The maximum Gasteiger partial charge on any atom is 0.341 e. The highest BCUT2D eigenvalue weighted by Crippen LogP contribution is 2.40. The number of aliphatic imine (C=N–C) groups is 1. The third-order valence-corrected chi connectivity index (χ3v) is 6.17. The molecule has 2 aliphatic carbocycles. The van der Waals surface area contributed by atoms with Gasteiger partial charge in [-0.15, -0.1) is 11.3 Å². The molecule has 140 valence electrons. The standard InChI is InChI=1S/C20H25NO4S/c1-4-25-19(24)17-12-7-5-6-8-16(12)26-18(17)21-11-13-14(22)9-20(2,3)10-15(13)23/h11,13H,4-10H2,1-3H3/b21-11+. The molecule has 0 amide bonds. The van der Waals surface area contributed by atoms with Crippen LogP contribution in [0.2, 0.25) is 0 Å². The molecular weight excluding hydrogens is 350 g/mol. The minimum absolute atomic E-state index is 0.0889. The quantitative estimate of drug-likeness (QED) is 0.451. The number of hydrogen-bond donors (Lipinski definition) is 0. The van der Waals surface area contributed by atoms with Crippen LogP contribution in [0.5, 0.6) is 0 Å². The van der Waals surface area contributed by atoms with Crippen LogP contribution < -0.4 is 0 Å². The van der Waals surface area contributed by atoms with Crippen molar-refractivity contribution in [2.24, 2.45) is 16.3 Å². The number of Topliss-reactive ketones (excluding diaryl/α,β-unsaturated/α-hetero) is 2. The second-order valence-electron chi connectivity index (χ2n) is 7.82. The minimum atomic E-state index is -0.794. The van der Waals surface area contributed by atoms with Gasteiger partial charge in [-0.1, -0.05) is 13.8 Å². The Morgan fingerprint density at radius 1 is 1.23 bits per heavy atom. The van der Waals surface area contributed by atoms with Crippen LogP contribution in [0.15, 0.2) is 4.99 Å². The molecule has 0 bridgehead atoms. The molecule has 3 rings (SSSR count). The first-order valence-electron chi connectivity index (χ1n) is 9.23. The van der Waals surface area contributed by atoms with E-state index in [1.165, 1.54) is 22.4 Å². The fourth-order valence-corrected chi connectivity index (χ4v) is 5.00. The van der Waals surface area contributed by atoms with Gasteiger partial charge in [0, 0.05) is 23.9 Å². The Kier molecular flexibility index (Phi) is 5.42. The Labute approximate surface area is 157 Å². The average Bonchev–Trinajstić information content (AvgIpc) is 2.91. The molecule has 5 nitrogen and oxygen atoms in total. The number of fused-ring (bicyclic) bond motifs is 1. The van der Waals surface area contributed by atoms with E-state index in [0.717, 1.165) is 31.2 Å². The summed E-state index contributed by atoms with van der Waals surface area (Å²) in [5.41, 5.74) is 1.28. The minimum Gasteiger partial charge on any atom is -0.462 e. The summed E-state index contributed by atoms with van der Waals surface area (Å²) < 4.78 is 5.21. The van der Waals surface area contributed by atoms with Gasteiger partial charge in [0.1, 0.15) is 22.5 Å². The van der Waals surface area contributed by atoms with Gasteiger partial charge >= 0.3 is 5.97 Å². The summed E-state index contributed by atoms with van der Waals surface area (Å²) in [6.07, 6.45) is 6.14. The lowest BCUT2D eigenvalue weighted by molar-refractivity contribution is -0.136. The smallest absolute Gasteiger partial charge is 0.341 e. The zero-order chi connectivity index (χ0) is 18.9. The van der Waals surface area contributed by atoms with Crippen LogP contribution in [0.3, 0.4) is 0 Å². The Morgan fingerprint density at radius 2 is 1.88 bits per heavy atom. The van der Waals surface area contributed by atoms with Gasteiger partial charge in [-0.05, 0) is 43.6 Å². The van der Waals surface area contributed by atoms with E-state index in [1.54, 1.807) is 6.92 Å². The number of aryl methyl sites for hydroxylation is 1. The van der Waals surface area contributed by atoms with Crippen molar-refractivity contribution in [1.29, 1.82) is 0 Å². The van der Waals surface area contributed by atoms with Crippen LogP contribution in [-0.4, -0.2) is 30.4 Å². The van der Waals surface area contributed by atoms with Crippen molar-refractivity contribution in [1.82, 2.24) is 0 Å². The number of hydrogen-bond acceptors (Lipinski definition) is 6. The van der Waals surface area contributed by atoms with Gasteiger partial charge in [0.25, 0.3) is 0 Å². The normalized spacial score (nSPS) is 20.4. The predicted molar refractivity (Wildman–Crippen MR) is 102 cm³/mol. The summed E-state index contributed by atoms with van der Waals surface area (Å²) in [7, 11) is 0. The van der Waals surface area contributed by atoms with Gasteiger partial charge in [-0.25, -0.2) is 9.79 Å². The van der Waals surface area contributed by atoms with E-state index in [9.17, 15) is 14.4 Å². The number of ketones is 2. The van der Waals surface area contributed by atoms with E-state index in [0.29, 0.717) is 30.0 Å². The van der Waals surface area contributed by atoms with Crippen LogP contribution in [0.4, 0.5) is 5.00 Å². The van der Waals surface area contributed by atoms with Gasteiger partial charge in [-0.3, -0.25) is 9.59 Å². The van der Waals surface area contributed by atoms with Crippen molar-refractivity contribution in [2.45, 2.75) is 59.3 Å². The second kappa shape index (κ2) is 7.43. The van der Waals surface area contributed by atoms with Crippen LogP contribution in [-0.2, 0) is 27.2 Å². The lowest BCUT2D eigenvalue weighted by atomic mass is 9.72. The largest absolute Gasteiger partial charge is 0.462 e. The van der Waals surface area contributed by atoms with Gasteiger partial charge < -0.3 is 4.74 Å². The second-order valence-corrected chi connectivity index (χ2v) is 8.90. The van der Waals surface area contributed by atoms with Crippen molar-refractivity contribution >= 4 is 40.1 Å². The van der Waals surface area contributed by atoms with Crippen LogP contribution in [0.1, 0.15) is 67.3 Å². The van der Waals surface area contributed by atoms with Gasteiger partial charge in [0.05, 0.1) is 12.2 Å². The molecule has 1 fully saturated rings. The maximum atomic E-state index is 12.4. The number of carbonyl (C=O) groups excluding carboxylic acids is 3. The molecule has 0 N–H and O–H groups in total. The number of nitrogens with zero attached hydrogens (tertiary/aromatic N) is 1. The number of carbonyl (C=O) groups is 3. The van der Waals surface area contributed by atoms with Gasteiger partial charge in [0.15, 0.2) is 0 Å². The Bertz CT molecular complexity index is 755. The van der Waals surface area contributed by atoms with Crippen molar-refractivity contribution in [3.8, 4) is 0 Å². The summed E-state index contributed by atoms with van der Waals surface area (Å²) in [5.74, 6) is -1.33. The third kappa shape index (κ3) is 3.80. The fraction of sp³-hybridized carbons (Fsp3) is 0.600. The predicted octanol–water partition coefficient (Wildman–Crippen LogP) is 4.08. The molecule has 0 aromatic carbocycles. The van der Waals surface area contributed by atoms with Crippen molar-refractivity contribution in [3.05, 3.63) is 16.0 Å².